The molecule has 0 fully saturated rings. The van der Waals surface area contributed by atoms with Crippen molar-refractivity contribution in [2.75, 3.05) is 5.73 Å². The topological polar surface area (TPSA) is 90.7 Å². The number of anilines is 1. The van der Waals surface area contributed by atoms with Crippen LogP contribution >= 0.6 is 0 Å². The minimum Gasteiger partial charge on any atom is -0.368 e. The van der Waals surface area contributed by atoms with Gasteiger partial charge in [0.15, 0.2) is 5.76 Å². The van der Waals surface area contributed by atoms with Gasteiger partial charge in [-0.1, -0.05) is 11.2 Å². The van der Waals surface area contributed by atoms with Crippen molar-refractivity contribution in [3.8, 4) is 22.6 Å². The Labute approximate surface area is 125 Å². The van der Waals surface area contributed by atoms with Crippen LogP contribution < -0.4 is 5.73 Å². The van der Waals surface area contributed by atoms with Crippen molar-refractivity contribution in [1.29, 1.82) is 0 Å². The summed E-state index contributed by atoms with van der Waals surface area (Å²) < 4.78 is 5.47. The molecule has 0 saturated carbocycles. The van der Waals surface area contributed by atoms with E-state index in [-0.39, 0.29) is 5.95 Å². The molecule has 4 aromatic rings. The number of hydrogen-bond acceptors (Lipinski definition) is 6. The molecule has 22 heavy (non-hydrogen) atoms. The van der Waals surface area contributed by atoms with Gasteiger partial charge in [-0.05, 0) is 30.3 Å². The summed E-state index contributed by atoms with van der Waals surface area (Å²) in [6.07, 6.45) is 5.10. The molecule has 0 amide bonds. The van der Waals surface area contributed by atoms with Gasteiger partial charge in [-0.15, -0.1) is 0 Å². The maximum absolute atomic E-state index is 5.65. The highest BCUT2D eigenvalue weighted by Gasteiger charge is 2.12. The number of nitrogens with zero attached hydrogens (tertiary/aromatic N) is 4. The molecule has 0 aliphatic heterocycles. The third-order valence-electron chi connectivity index (χ3n) is 3.37. The Balaban J connectivity index is 1.90. The lowest BCUT2D eigenvalue weighted by Crippen LogP contribution is -1.94. The van der Waals surface area contributed by atoms with Gasteiger partial charge >= 0.3 is 0 Å². The standard InChI is InChI=1S/C16H11N5O/c17-16-19-7-5-13(20-16)10-3-4-14-12(8-10)15(22-21-14)11-2-1-6-18-9-11/h1-9H,(H2,17,19,20). The van der Waals surface area contributed by atoms with Crippen LogP contribution in [0.2, 0.25) is 0 Å². The van der Waals surface area contributed by atoms with Gasteiger partial charge in [0.2, 0.25) is 5.95 Å². The average Bonchev–Trinajstić information content (AvgIpc) is 2.99. The molecule has 3 aromatic heterocycles. The molecule has 4 rings (SSSR count). The van der Waals surface area contributed by atoms with Crippen LogP contribution in [0.1, 0.15) is 0 Å². The molecule has 1 aromatic carbocycles. The van der Waals surface area contributed by atoms with E-state index in [4.69, 9.17) is 10.3 Å². The van der Waals surface area contributed by atoms with Crippen LogP contribution in [0.4, 0.5) is 5.95 Å². The molecule has 0 aliphatic rings. The number of fused-ring (bicyclic) bond motifs is 1. The number of pyridine rings is 1. The van der Waals surface area contributed by atoms with Crippen LogP contribution in [0.25, 0.3) is 33.5 Å². The second kappa shape index (κ2) is 4.92. The van der Waals surface area contributed by atoms with Gasteiger partial charge < -0.3 is 10.3 Å². The van der Waals surface area contributed by atoms with Gasteiger partial charge in [-0.2, -0.15) is 0 Å². The van der Waals surface area contributed by atoms with E-state index in [0.717, 1.165) is 27.7 Å². The highest BCUT2D eigenvalue weighted by molar-refractivity contribution is 5.94. The summed E-state index contributed by atoms with van der Waals surface area (Å²) in [6.45, 7) is 0. The number of benzene rings is 1. The second-order valence-electron chi connectivity index (χ2n) is 4.79. The molecule has 0 bridgehead atoms. The first-order valence-corrected chi connectivity index (χ1v) is 6.70. The Bertz CT molecular complexity index is 949. The van der Waals surface area contributed by atoms with Crippen LogP contribution in [0.5, 0.6) is 0 Å². The predicted molar refractivity (Wildman–Crippen MR) is 82.7 cm³/mol. The minimum absolute atomic E-state index is 0.246. The Morgan fingerprint density at radius 3 is 2.77 bits per heavy atom. The van der Waals surface area contributed by atoms with Gasteiger partial charge in [0, 0.05) is 29.7 Å². The summed E-state index contributed by atoms with van der Waals surface area (Å²) in [5.74, 6) is 0.933. The van der Waals surface area contributed by atoms with Crippen molar-refractivity contribution >= 4 is 16.9 Å². The number of aromatic nitrogens is 4. The fraction of sp³-hybridized carbons (Fsp3) is 0. The Kier molecular flexibility index (Phi) is 2.79. The maximum Gasteiger partial charge on any atom is 0.220 e. The van der Waals surface area contributed by atoms with Crippen LogP contribution in [0, 0.1) is 0 Å². The van der Waals surface area contributed by atoms with Crippen LogP contribution in [0.3, 0.4) is 0 Å². The molecule has 6 heteroatoms. The Hall–Kier alpha value is -3.28. The van der Waals surface area contributed by atoms with E-state index in [1.165, 1.54) is 0 Å². The van der Waals surface area contributed by atoms with Crippen molar-refractivity contribution in [2.45, 2.75) is 0 Å². The summed E-state index contributed by atoms with van der Waals surface area (Å²) in [4.78, 5) is 12.3. The summed E-state index contributed by atoms with van der Waals surface area (Å²) in [7, 11) is 0. The number of rotatable bonds is 2. The zero-order valence-corrected chi connectivity index (χ0v) is 11.5. The van der Waals surface area contributed by atoms with Crippen LogP contribution in [0.15, 0.2) is 59.5 Å². The van der Waals surface area contributed by atoms with Crippen molar-refractivity contribution < 1.29 is 4.52 Å². The van der Waals surface area contributed by atoms with E-state index in [0.29, 0.717) is 5.76 Å². The number of hydrogen-bond donors (Lipinski definition) is 1. The molecule has 106 valence electrons. The molecule has 3 heterocycles. The molecule has 2 N–H and O–H groups in total. The van der Waals surface area contributed by atoms with E-state index >= 15 is 0 Å². The molecular formula is C16H11N5O. The predicted octanol–water partition coefficient (Wildman–Crippen LogP) is 2.93. The van der Waals surface area contributed by atoms with E-state index < -0.39 is 0 Å². The van der Waals surface area contributed by atoms with E-state index in [1.54, 1.807) is 18.6 Å². The quantitative estimate of drug-likeness (QED) is 0.610. The Morgan fingerprint density at radius 1 is 1.00 bits per heavy atom. The van der Waals surface area contributed by atoms with Crippen LogP contribution in [-0.2, 0) is 0 Å². The third-order valence-corrected chi connectivity index (χ3v) is 3.37. The molecular weight excluding hydrogens is 278 g/mol. The fourth-order valence-electron chi connectivity index (χ4n) is 2.34. The van der Waals surface area contributed by atoms with Gasteiger partial charge in [0.25, 0.3) is 0 Å². The molecule has 0 unspecified atom stereocenters. The first kappa shape index (κ1) is 12.5. The van der Waals surface area contributed by atoms with E-state index in [1.807, 2.05) is 36.4 Å². The minimum atomic E-state index is 0.246. The summed E-state index contributed by atoms with van der Waals surface area (Å²) in [5, 5.41) is 4.99. The van der Waals surface area contributed by atoms with Gasteiger partial charge in [0.1, 0.15) is 5.52 Å². The monoisotopic (exact) mass is 289 g/mol. The zero-order chi connectivity index (χ0) is 14.9. The van der Waals surface area contributed by atoms with Gasteiger partial charge in [-0.3, -0.25) is 4.98 Å². The zero-order valence-electron chi connectivity index (χ0n) is 11.5. The molecule has 0 spiro atoms. The highest BCUT2D eigenvalue weighted by atomic mass is 16.5. The summed E-state index contributed by atoms with van der Waals surface area (Å²) in [6, 6.07) is 11.4. The van der Waals surface area contributed by atoms with Crippen molar-refractivity contribution in [2.24, 2.45) is 0 Å². The smallest absolute Gasteiger partial charge is 0.220 e. The van der Waals surface area contributed by atoms with Crippen molar-refractivity contribution in [3.63, 3.8) is 0 Å². The summed E-state index contributed by atoms with van der Waals surface area (Å²) >= 11 is 0. The SMILES string of the molecule is Nc1nccc(-c2ccc3noc(-c4cccnc4)c3c2)n1. The van der Waals surface area contributed by atoms with Crippen LogP contribution in [-0.4, -0.2) is 20.1 Å². The molecule has 6 nitrogen and oxygen atoms in total. The molecule has 0 aliphatic carbocycles. The van der Waals surface area contributed by atoms with E-state index in [9.17, 15) is 0 Å². The second-order valence-corrected chi connectivity index (χ2v) is 4.79. The lowest BCUT2D eigenvalue weighted by atomic mass is 10.1. The normalized spacial score (nSPS) is 10.9. The van der Waals surface area contributed by atoms with Gasteiger partial charge in [-0.25, -0.2) is 9.97 Å². The fourth-order valence-corrected chi connectivity index (χ4v) is 2.34. The molecule has 0 saturated heterocycles. The first-order valence-electron chi connectivity index (χ1n) is 6.70. The average molecular weight is 289 g/mol. The van der Waals surface area contributed by atoms with E-state index in [2.05, 4.69) is 20.1 Å². The number of nitrogens with two attached hydrogens (primary N) is 1. The third kappa shape index (κ3) is 2.07. The Morgan fingerprint density at radius 2 is 1.95 bits per heavy atom. The summed E-state index contributed by atoms with van der Waals surface area (Å²) in [5.41, 5.74) is 8.99. The lowest BCUT2D eigenvalue weighted by molar-refractivity contribution is 0.441. The molecule has 0 radical (unpaired) electrons. The van der Waals surface area contributed by atoms with Crippen molar-refractivity contribution in [1.82, 2.24) is 20.1 Å². The lowest BCUT2D eigenvalue weighted by Gasteiger charge is -2.02. The molecule has 0 atom stereocenters. The highest BCUT2D eigenvalue weighted by Crippen LogP contribution is 2.31. The largest absolute Gasteiger partial charge is 0.368 e. The first-order chi connectivity index (χ1) is 10.8. The van der Waals surface area contributed by atoms with Crippen molar-refractivity contribution in [3.05, 3.63) is 55.0 Å². The van der Waals surface area contributed by atoms with Gasteiger partial charge in [0.05, 0.1) is 11.1 Å². The maximum atomic E-state index is 5.65. The number of nitrogen functional groups attached to an aromatic ring is 1.